The number of aliphatic hydroxyl groups excluding tert-OH is 1. The molecule has 0 fully saturated rings. The van der Waals surface area contributed by atoms with Crippen LogP contribution in [0.5, 0.6) is 0 Å². The van der Waals surface area contributed by atoms with Crippen molar-refractivity contribution in [3.8, 4) is 0 Å². The van der Waals surface area contributed by atoms with E-state index in [-0.39, 0.29) is 22.2 Å². The third-order valence-corrected chi connectivity index (χ3v) is 4.57. The lowest BCUT2D eigenvalue weighted by Crippen LogP contribution is -2.14. The van der Waals surface area contributed by atoms with Crippen molar-refractivity contribution in [1.82, 2.24) is 0 Å². The first-order valence-electron chi connectivity index (χ1n) is 6.02. The van der Waals surface area contributed by atoms with Gasteiger partial charge >= 0.3 is 0 Å². The number of aryl methyl sites for hydroxylation is 1. The van der Waals surface area contributed by atoms with E-state index in [2.05, 4.69) is 4.72 Å². The van der Waals surface area contributed by atoms with Gasteiger partial charge in [0.2, 0.25) is 0 Å². The standard InChI is InChI=1S/C14H13ClFNO3S/c1-9-2-4-12(6-10(9)8-18)21(19,20)17-14-7-11(15)3-5-13(14)16/h2-7,17-18H,8H2,1H3. The summed E-state index contributed by atoms with van der Waals surface area (Å²) < 4.78 is 40.2. The minimum Gasteiger partial charge on any atom is -0.392 e. The summed E-state index contributed by atoms with van der Waals surface area (Å²) in [5.74, 6) is -0.725. The molecule has 7 heteroatoms. The van der Waals surface area contributed by atoms with Crippen molar-refractivity contribution in [2.45, 2.75) is 18.4 Å². The lowest BCUT2D eigenvalue weighted by Gasteiger charge is -2.11. The zero-order valence-electron chi connectivity index (χ0n) is 11.1. The maximum Gasteiger partial charge on any atom is 0.261 e. The van der Waals surface area contributed by atoms with Gasteiger partial charge in [-0.05, 0) is 48.4 Å². The first-order valence-corrected chi connectivity index (χ1v) is 7.88. The monoisotopic (exact) mass is 329 g/mol. The summed E-state index contributed by atoms with van der Waals surface area (Å²) in [5, 5.41) is 9.40. The zero-order chi connectivity index (χ0) is 15.6. The molecule has 0 radical (unpaired) electrons. The summed E-state index contributed by atoms with van der Waals surface area (Å²) in [4.78, 5) is -0.0588. The average Bonchev–Trinajstić information content (AvgIpc) is 2.43. The van der Waals surface area contributed by atoms with Crippen LogP contribution in [0.4, 0.5) is 10.1 Å². The van der Waals surface area contributed by atoms with E-state index in [1.807, 2.05) is 0 Å². The number of halogens is 2. The lowest BCUT2D eigenvalue weighted by molar-refractivity contribution is 0.281. The zero-order valence-corrected chi connectivity index (χ0v) is 12.7. The van der Waals surface area contributed by atoms with Crippen molar-refractivity contribution in [2.75, 3.05) is 4.72 Å². The third-order valence-electron chi connectivity index (χ3n) is 2.97. The Labute approximate surface area is 127 Å². The Morgan fingerprint density at radius 2 is 1.95 bits per heavy atom. The highest BCUT2D eigenvalue weighted by molar-refractivity contribution is 7.92. The van der Waals surface area contributed by atoms with Gasteiger partial charge in [-0.25, -0.2) is 12.8 Å². The third kappa shape index (κ3) is 3.53. The number of anilines is 1. The number of nitrogens with one attached hydrogen (secondary N) is 1. The summed E-state index contributed by atoms with van der Waals surface area (Å²) in [6.45, 7) is 1.48. The molecule has 2 rings (SSSR count). The van der Waals surface area contributed by atoms with E-state index in [0.29, 0.717) is 5.56 Å². The molecular formula is C14H13ClFNO3S. The van der Waals surface area contributed by atoms with Gasteiger partial charge in [-0.1, -0.05) is 17.7 Å². The summed E-state index contributed by atoms with van der Waals surface area (Å²) in [5.41, 5.74) is 1.03. The molecule has 4 nitrogen and oxygen atoms in total. The molecular weight excluding hydrogens is 317 g/mol. The fraction of sp³-hybridized carbons (Fsp3) is 0.143. The number of hydrogen-bond donors (Lipinski definition) is 2. The number of rotatable bonds is 4. The normalized spacial score (nSPS) is 11.4. The molecule has 21 heavy (non-hydrogen) atoms. The van der Waals surface area contributed by atoms with Gasteiger partial charge in [0.05, 0.1) is 17.2 Å². The van der Waals surface area contributed by atoms with Crippen LogP contribution in [0, 0.1) is 12.7 Å². The topological polar surface area (TPSA) is 66.4 Å². The first kappa shape index (κ1) is 15.8. The van der Waals surface area contributed by atoms with Crippen LogP contribution in [0.1, 0.15) is 11.1 Å². The summed E-state index contributed by atoms with van der Waals surface area (Å²) in [7, 11) is -3.96. The lowest BCUT2D eigenvalue weighted by atomic mass is 10.1. The minimum absolute atomic E-state index is 0.0588. The van der Waals surface area contributed by atoms with E-state index in [9.17, 15) is 17.9 Å². The van der Waals surface area contributed by atoms with E-state index in [0.717, 1.165) is 11.6 Å². The maximum atomic E-state index is 13.6. The Morgan fingerprint density at radius 1 is 1.24 bits per heavy atom. The maximum absolute atomic E-state index is 13.6. The number of aliphatic hydroxyl groups is 1. The van der Waals surface area contributed by atoms with Gasteiger partial charge < -0.3 is 5.11 Å². The Kier molecular flexibility index (Phi) is 4.51. The predicted molar refractivity (Wildman–Crippen MR) is 79.3 cm³/mol. The fourth-order valence-electron chi connectivity index (χ4n) is 1.76. The molecule has 0 heterocycles. The Morgan fingerprint density at radius 3 is 2.62 bits per heavy atom. The Bertz CT molecular complexity index is 778. The fourth-order valence-corrected chi connectivity index (χ4v) is 3.05. The molecule has 0 aliphatic heterocycles. The number of benzene rings is 2. The van der Waals surface area contributed by atoms with E-state index in [1.165, 1.54) is 24.3 Å². The highest BCUT2D eigenvalue weighted by atomic mass is 35.5. The highest BCUT2D eigenvalue weighted by Gasteiger charge is 2.17. The molecule has 0 saturated heterocycles. The van der Waals surface area contributed by atoms with Gasteiger partial charge in [-0.3, -0.25) is 4.72 Å². The molecule has 0 aliphatic rings. The molecule has 0 aromatic heterocycles. The van der Waals surface area contributed by atoms with Crippen molar-refractivity contribution < 1.29 is 17.9 Å². The van der Waals surface area contributed by atoms with Crippen molar-refractivity contribution >= 4 is 27.3 Å². The van der Waals surface area contributed by atoms with Crippen molar-refractivity contribution in [3.63, 3.8) is 0 Å². The molecule has 0 bridgehead atoms. The van der Waals surface area contributed by atoms with Gasteiger partial charge in [-0.2, -0.15) is 0 Å². The highest BCUT2D eigenvalue weighted by Crippen LogP contribution is 2.24. The van der Waals surface area contributed by atoms with E-state index in [1.54, 1.807) is 13.0 Å². The minimum atomic E-state index is -3.96. The van der Waals surface area contributed by atoms with Crippen LogP contribution in [-0.2, 0) is 16.6 Å². The number of hydrogen-bond acceptors (Lipinski definition) is 3. The Balaban J connectivity index is 2.41. The predicted octanol–water partition coefficient (Wildman–Crippen LogP) is 3.08. The molecule has 2 aromatic carbocycles. The molecule has 0 spiro atoms. The van der Waals surface area contributed by atoms with E-state index < -0.39 is 15.8 Å². The molecule has 2 N–H and O–H groups in total. The Hall–Kier alpha value is -1.63. The molecule has 2 aromatic rings. The van der Waals surface area contributed by atoms with Gasteiger partial charge in [-0.15, -0.1) is 0 Å². The van der Waals surface area contributed by atoms with Crippen LogP contribution in [0.25, 0.3) is 0 Å². The smallest absolute Gasteiger partial charge is 0.261 e. The van der Waals surface area contributed by atoms with Crippen LogP contribution >= 0.6 is 11.6 Å². The molecule has 112 valence electrons. The van der Waals surface area contributed by atoms with Crippen LogP contribution in [0.15, 0.2) is 41.3 Å². The summed E-state index contributed by atoms with van der Waals surface area (Å²) >= 11 is 5.73. The van der Waals surface area contributed by atoms with E-state index in [4.69, 9.17) is 11.6 Å². The van der Waals surface area contributed by atoms with Crippen molar-refractivity contribution in [1.29, 1.82) is 0 Å². The SMILES string of the molecule is Cc1ccc(S(=O)(=O)Nc2cc(Cl)ccc2F)cc1CO. The van der Waals surface area contributed by atoms with Crippen LogP contribution in [0.3, 0.4) is 0 Å². The second-order valence-corrected chi connectivity index (χ2v) is 6.59. The first-order chi connectivity index (χ1) is 9.83. The van der Waals surface area contributed by atoms with Gasteiger partial charge in [0.25, 0.3) is 10.0 Å². The molecule has 0 saturated carbocycles. The van der Waals surface area contributed by atoms with Crippen molar-refractivity contribution in [2.24, 2.45) is 0 Å². The summed E-state index contributed by atoms with van der Waals surface area (Å²) in [6, 6.07) is 7.91. The number of sulfonamides is 1. The quantitative estimate of drug-likeness (QED) is 0.906. The van der Waals surface area contributed by atoms with Crippen LogP contribution in [-0.4, -0.2) is 13.5 Å². The second-order valence-electron chi connectivity index (χ2n) is 4.48. The summed E-state index contributed by atoms with van der Waals surface area (Å²) in [6.07, 6.45) is 0. The molecule has 0 aliphatic carbocycles. The van der Waals surface area contributed by atoms with E-state index >= 15 is 0 Å². The van der Waals surface area contributed by atoms with Crippen molar-refractivity contribution in [3.05, 3.63) is 58.4 Å². The van der Waals surface area contributed by atoms with Gasteiger partial charge in [0, 0.05) is 5.02 Å². The molecule has 0 atom stereocenters. The van der Waals surface area contributed by atoms with Gasteiger partial charge in [0.15, 0.2) is 0 Å². The largest absolute Gasteiger partial charge is 0.392 e. The molecule has 0 unspecified atom stereocenters. The van der Waals surface area contributed by atoms with Crippen LogP contribution in [0.2, 0.25) is 5.02 Å². The molecule has 0 amide bonds. The second kappa shape index (κ2) is 6.01. The van der Waals surface area contributed by atoms with Gasteiger partial charge in [0.1, 0.15) is 5.82 Å². The van der Waals surface area contributed by atoms with Crippen LogP contribution < -0.4 is 4.72 Å². The average molecular weight is 330 g/mol.